The van der Waals surface area contributed by atoms with Gasteiger partial charge < -0.3 is 9.84 Å². The molecule has 0 radical (unpaired) electrons. The molecule has 0 aliphatic heterocycles. The number of rotatable bonds is 11. The molecule has 0 aromatic carbocycles. The topological polar surface area (TPSA) is 46.5 Å². The highest BCUT2D eigenvalue weighted by molar-refractivity contribution is 5.66. The number of aliphatic carboxylic acids is 1. The van der Waals surface area contributed by atoms with E-state index in [9.17, 15) is 4.79 Å². The highest BCUT2D eigenvalue weighted by Crippen LogP contribution is 2.18. The average Bonchev–Trinajstić information content (AvgIpc) is 2.26. The van der Waals surface area contributed by atoms with E-state index in [-0.39, 0.29) is 6.42 Å². The Morgan fingerprint density at radius 2 is 1.88 bits per heavy atom. The Hall–Kier alpha value is -0.570. The Labute approximate surface area is 99.2 Å². The van der Waals surface area contributed by atoms with Crippen molar-refractivity contribution in [3.63, 3.8) is 0 Å². The minimum atomic E-state index is -0.783. The third kappa shape index (κ3) is 9.97. The molecule has 0 aromatic heterocycles. The normalized spacial score (nSPS) is 12.6. The van der Waals surface area contributed by atoms with Gasteiger partial charge in [-0.05, 0) is 18.8 Å². The van der Waals surface area contributed by atoms with Crippen LogP contribution in [0.2, 0.25) is 0 Å². The van der Waals surface area contributed by atoms with Gasteiger partial charge in [0.1, 0.15) is 0 Å². The first-order valence-electron chi connectivity index (χ1n) is 6.50. The summed E-state index contributed by atoms with van der Waals surface area (Å²) in [6.45, 7) is 5.52. The van der Waals surface area contributed by atoms with Gasteiger partial charge in [0.25, 0.3) is 0 Å². The second-order valence-corrected chi connectivity index (χ2v) is 4.31. The van der Waals surface area contributed by atoms with E-state index in [1.165, 1.54) is 32.1 Å². The molecule has 16 heavy (non-hydrogen) atoms. The van der Waals surface area contributed by atoms with Crippen LogP contribution >= 0.6 is 0 Å². The summed E-state index contributed by atoms with van der Waals surface area (Å²) in [6.07, 6.45) is 7.54. The van der Waals surface area contributed by atoms with E-state index in [1.807, 2.05) is 0 Å². The second-order valence-electron chi connectivity index (χ2n) is 4.31. The molecule has 1 N–H and O–H groups in total. The molecule has 1 atom stereocenters. The molecule has 3 nitrogen and oxygen atoms in total. The van der Waals surface area contributed by atoms with Crippen molar-refractivity contribution in [1.29, 1.82) is 0 Å². The van der Waals surface area contributed by atoms with E-state index in [4.69, 9.17) is 9.84 Å². The van der Waals surface area contributed by atoms with Crippen LogP contribution in [0.15, 0.2) is 0 Å². The number of carboxylic acids is 1. The summed E-state index contributed by atoms with van der Waals surface area (Å²) in [6, 6.07) is 0. The first-order chi connectivity index (χ1) is 7.70. The van der Waals surface area contributed by atoms with Gasteiger partial charge in [0, 0.05) is 6.61 Å². The molecule has 0 amide bonds. The van der Waals surface area contributed by atoms with Crippen LogP contribution in [0.25, 0.3) is 0 Å². The molecular weight excluding hydrogens is 204 g/mol. The molecule has 0 heterocycles. The van der Waals surface area contributed by atoms with E-state index in [0.717, 1.165) is 12.3 Å². The summed E-state index contributed by atoms with van der Waals surface area (Å²) in [5, 5.41) is 8.41. The van der Waals surface area contributed by atoms with Gasteiger partial charge in [0.05, 0.1) is 13.0 Å². The average molecular weight is 230 g/mol. The van der Waals surface area contributed by atoms with Gasteiger partial charge in [0.15, 0.2) is 0 Å². The van der Waals surface area contributed by atoms with Crippen LogP contribution in [-0.2, 0) is 9.53 Å². The number of hydrogen-bond acceptors (Lipinski definition) is 2. The highest BCUT2D eigenvalue weighted by atomic mass is 16.5. The summed E-state index contributed by atoms with van der Waals surface area (Å²) in [4.78, 5) is 10.2. The Morgan fingerprint density at radius 3 is 2.44 bits per heavy atom. The van der Waals surface area contributed by atoms with Crippen LogP contribution in [-0.4, -0.2) is 24.3 Å². The van der Waals surface area contributed by atoms with Crippen molar-refractivity contribution in [3.05, 3.63) is 0 Å². The Morgan fingerprint density at radius 1 is 1.19 bits per heavy atom. The van der Waals surface area contributed by atoms with Gasteiger partial charge in [-0.3, -0.25) is 4.79 Å². The smallest absolute Gasteiger partial charge is 0.305 e. The van der Waals surface area contributed by atoms with Crippen molar-refractivity contribution in [2.75, 3.05) is 13.2 Å². The van der Waals surface area contributed by atoms with Gasteiger partial charge in [-0.15, -0.1) is 0 Å². The fourth-order valence-corrected chi connectivity index (χ4v) is 1.78. The van der Waals surface area contributed by atoms with Crippen molar-refractivity contribution in [3.8, 4) is 0 Å². The fourth-order valence-electron chi connectivity index (χ4n) is 1.78. The molecular formula is C13H26O3. The predicted molar refractivity (Wildman–Crippen MR) is 65.6 cm³/mol. The molecule has 1 unspecified atom stereocenters. The first kappa shape index (κ1) is 15.4. The van der Waals surface area contributed by atoms with E-state index in [2.05, 4.69) is 13.8 Å². The van der Waals surface area contributed by atoms with Crippen molar-refractivity contribution >= 4 is 5.97 Å². The molecule has 0 fully saturated rings. The highest BCUT2D eigenvalue weighted by Gasteiger charge is 2.05. The third-order valence-electron chi connectivity index (χ3n) is 2.90. The minimum absolute atomic E-state index is 0.118. The molecule has 0 saturated heterocycles. The van der Waals surface area contributed by atoms with Crippen LogP contribution in [0.1, 0.15) is 58.8 Å². The van der Waals surface area contributed by atoms with Gasteiger partial charge in [0.2, 0.25) is 0 Å². The molecule has 0 rings (SSSR count). The quantitative estimate of drug-likeness (QED) is 0.553. The van der Waals surface area contributed by atoms with Crippen LogP contribution in [0, 0.1) is 5.92 Å². The number of unbranched alkanes of at least 4 members (excludes halogenated alkanes) is 1. The minimum Gasteiger partial charge on any atom is -0.481 e. The maximum absolute atomic E-state index is 10.2. The van der Waals surface area contributed by atoms with Crippen LogP contribution in [0.5, 0.6) is 0 Å². The number of hydrogen-bond donors (Lipinski definition) is 1. The number of ether oxygens (including phenoxy) is 1. The molecule has 0 saturated carbocycles. The van der Waals surface area contributed by atoms with Crippen molar-refractivity contribution in [2.45, 2.75) is 58.8 Å². The van der Waals surface area contributed by atoms with Crippen LogP contribution < -0.4 is 0 Å². The molecule has 0 bridgehead atoms. The Balaban J connectivity index is 3.30. The largest absolute Gasteiger partial charge is 0.481 e. The van der Waals surface area contributed by atoms with E-state index in [1.54, 1.807) is 0 Å². The fraction of sp³-hybridized carbons (Fsp3) is 0.923. The van der Waals surface area contributed by atoms with Crippen LogP contribution in [0.4, 0.5) is 0 Å². The number of carboxylic acid groups (broad SMARTS) is 1. The predicted octanol–water partition coefficient (Wildman–Crippen LogP) is 3.47. The molecule has 96 valence electrons. The Kier molecular flexibility index (Phi) is 10.5. The molecule has 0 aromatic rings. The lowest BCUT2D eigenvalue weighted by molar-refractivity contribution is -0.138. The summed E-state index contributed by atoms with van der Waals surface area (Å²) in [7, 11) is 0. The number of carbonyl (C=O) groups is 1. The van der Waals surface area contributed by atoms with Gasteiger partial charge in [-0.1, -0.05) is 39.5 Å². The molecule has 3 heteroatoms. The monoisotopic (exact) mass is 230 g/mol. The maximum Gasteiger partial charge on any atom is 0.305 e. The van der Waals surface area contributed by atoms with E-state index in [0.29, 0.717) is 13.2 Å². The maximum atomic E-state index is 10.2. The van der Waals surface area contributed by atoms with Gasteiger partial charge in [-0.2, -0.15) is 0 Å². The zero-order chi connectivity index (χ0) is 12.2. The van der Waals surface area contributed by atoms with E-state index < -0.39 is 5.97 Å². The zero-order valence-corrected chi connectivity index (χ0v) is 10.7. The molecule has 0 spiro atoms. The first-order valence-corrected chi connectivity index (χ1v) is 6.50. The van der Waals surface area contributed by atoms with Crippen molar-refractivity contribution < 1.29 is 14.6 Å². The zero-order valence-electron chi connectivity index (χ0n) is 10.7. The van der Waals surface area contributed by atoms with Gasteiger partial charge >= 0.3 is 5.97 Å². The lowest BCUT2D eigenvalue weighted by Crippen LogP contribution is -2.05. The molecule has 0 aliphatic rings. The van der Waals surface area contributed by atoms with E-state index >= 15 is 0 Å². The van der Waals surface area contributed by atoms with Gasteiger partial charge in [-0.25, -0.2) is 0 Å². The Bertz CT molecular complexity index is 169. The summed E-state index contributed by atoms with van der Waals surface area (Å²) in [5.74, 6) is 0.0393. The summed E-state index contributed by atoms with van der Waals surface area (Å²) < 4.78 is 5.26. The second kappa shape index (κ2) is 10.9. The van der Waals surface area contributed by atoms with Crippen LogP contribution in [0.3, 0.4) is 0 Å². The SMILES string of the molecule is CCCCC(CC)CCCOCCC(=O)O. The van der Waals surface area contributed by atoms with Crippen molar-refractivity contribution in [1.82, 2.24) is 0 Å². The lowest BCUT2D eigenvalue weighted by atomic mass is 9.94. The lowest BCUT2D eigenvalue weighted by Gasteiger charge is -2.13. The van der Waals surface area contributed by atoms with Crippen molar-refractivity contribution in [2.24, 2.45) is 5.92 Å². The standard InChI is InChI=1S/C13H26O3/c1-3-5-7-12(4-2)8-6-10-16-11-9-13(14)15/h12H,3-11H2,1-2H3,(H,14,15). The summed E-state index contributed by atoms with van der Waals surface area (Å²) in [5.41, 5.74) is 0. The summed E-state index contributed by atoms with van der Waals surface area (Å²) >= 11 is 0. The molecule has 0 aliphatic carbocycles. The third-order valence-corrected chi connectivity index (χ3v) is 2.90.